The molecule has 94 valence electrons. The average Bonchev–Trinajstić information content (AvgIpc) is 2.38. The van der Waals surface area contributed by atoms with Crippen LogP contribution in [0.15, 0.2) is 36.5 Å². The maximum Gasteiger partial charge on any atom is 0.227 e. The summed E-state index contributed by atoms with van der Waals surface area (Å²) in [5, 5.41) is 0.730. The third kappa shape index (κ3) is 2.71. The third-order valence-electron chi connectivity index (χ3n) is 2.91. The number of nitrogen functional groups attached to an aromatic ring is 1. The summed E-state index contributed by atoms with van der Waals surface area (Å²) in [5.74, 6) is 1.08. The van der Waals surface area contributed by atoms with Crippen LogP contribution in [0.5, 0.6) is 0 Å². The molecule has 0 aliphatic rings. The molecule has 0 amide bonds. The minimum Gasteiger partial charge on any atom is -0.384 e. The van der Waals surface area contributed by atoms with Crippen LogP contribution in [0.1, 0.15) is 18.5 Å². The SMILES string of the molecule is CC(c1ccc(Cl)cc1)N(C)c1nccc(N)n1. The minimum absolute atomic E-state index is 0.143. The summed E-state index contributed by atoms with van der Waals surface area (Å²) in [5.41, 5.74) is 6.81. The van der Waals surface area contributed by atoms with Crippen LogP contribution in [0.25, 0.3) is 0 Å². The van der Waals surface area contributed by atoms with E-state index in [0.29, 0.717) is 11.8 Å². The molecule has 2 N–H and O–H groups in total. The summed E-state index contributed by atoms with van der Waals surface area (Å²) in [6.07, 6.45) is 1.66. The number of anilines is 2. The molecular formula is C13H15ClN4. The molecule has 1 atom stereocenters. The Labute approximate surface area is 111 Å². The van der Waals surface area contributed by atoms with Gasteiger partial charge in [-0.1, -0.05) is 23.7 Å². The summed E-state index contributed by atoms with van der Waals surface area (Å²) >= 11 is 5.88. The van der Waals surface area contributed by atoms with Crippen molar-refractivity contribution in [2.24, 2.45) is 0 Å². The van der Waals surface area contributed by atoms with Crippen LogP contribution in [-0.2, 0) is 0 Å². The first-order chi connectivity index (χ1) is 8.58. The quantitative estimate of drug-likeness (QED) is 0.924. The van der Waals surface area contributed by atoms with Crippen molar-refractivity contribution < 1.29 is 0 Å². The van der Waals surface area contributed by atoms with Crippen LogP contribution in [0.2, 0.25) is 5.02 Å². The van der Waals surface area contributed by atoms with Gasteiger partial charge in [0, 0.05) is 18.3 Å². The van der Waals surface area contributed by atoms with Crippen molar-refractivity contribution in [1.29, 1.82) is 0 Å². The fourth-order valence-corrected chi connectivity index (χ4v) is 1.80. The topological polar surface area (TPSA) is 55.0 Å². The summed E-state index contributed by atoms with van der Waals surface area (Å²) < 4.78 is 0. The molecule has 0 radical (unpaired) electrons. The molecule has 0 saturated heterocycles. The second kappa shape index (κ2) is 5.23. The number of hydrogen-bond acceptors (Lipinski definition) is 4. The second-order valence-electron chi connectivity index (χ2n) is 4.12. The first-order valence-corrected chi connectivity index (χ1v) is 6.02. The van der Waals surface area contributed by atoms with Gasteiger partial charge < -0.3 is 10.6 Å². The number of nitrogens with two attached hydrogens (primary N) is 1. The maximum atomic E-state index is 5.88. The Hall–Kier alpha value is -1.81. The zero-order valence-corrected chi connectivity index (χ0v) is 11.1. The van der Waals surface area contributed by atoms with Gasteiger partial charge in [0.2, 0.25) is 5.95 Å². The zero-order valence-electron chi connectivity index (χ0n) is 10.3. The fourth-order valence-electron chi connectivity index (χ4n) is 1.67. The first-order valence-electron chi connectivity index (χ1n) is 5.65. The van der Waals surface area contributed by atoms with Crippen molar-refractivity contribution in [2.45, 2.75) is 13.0 Å². The molecule has 18 heavy (non-hydrogen) atoms. The Balaban J connectivity index is 2.23. The third-order valence-corrected chi connectivity index (χ3v) is 3.17. The molecule has 1 heterocycles. The van der Waals surface area contributed by atoms with Crippen molar-refractivity contribution in [3.63, 3.8) is 0 Å². The van der Waals surface area contributed by atoms with E-state index < -0.39 is 0 Å². The number of benzene rings is 1. The molecule has 1 aromatic carbocycles. The summed E-state index contributed by atoms with van der Waals surface area (Å²) in [6, 6.07) is 9.56. The van der Waals surface area contributed by atoms with E-state index in [2.05, 4.69) is 16.9 Å². The van der Waals surface area contributed by atoms with Gasteiger partial charge in [0.1, 0.15) is 5.82 Å². The van der Waals surface area contributed by atoms with Gasteiger partial charge in [-0.25, -0.2) is 4.98 Å². The van der Waals surface area contributed by atoms with Gasteiger partial charge in [-0.2, -0.15) is 4.98 Å². The Morgan fingerprint density at radius 1 is 1.22 bits per heavy atom. The highest BCUT2D eigenvalue weighted by atomic mass is 35.5. The number of halogens is 1. The van der Waals surface area contributed by atoms with Crippen LogP contribution in [0.3, 0.4) is 0 Å². The number of aromatic nitrogens is 2. The van der Waals surface area contributed by atoms with Crippen molar-refractivity contribution in [3.05, 3.63) is 47.1 Å². The maximum absolute atomic E-state index is 5.88. The molecule has 1 aromatic heterocycles. The molecule has 0 fully saturated rings. The van der Waals surface area contributed by atoms with E-state index in [-0.39, 0.29) is 6.04 Å². The van der Waals surface area contributed by atoms with Crippen molar-refractivity contribution in [1.82, 2.24) is 9.97 Å². The highest BCUT2D eigenvalue weighted by Crippen LogP contribution is 2.23. The van der Waals surface area contributed by atoms with Crippen molar-refractivity contribution in [2.75, 3.05) is 17.7 Å². The Morgan fingerprint density at radius 2 is 1.89 bits per heavy atom. The Morgan fingerprint density at radius 3 is 2.50 bits per heavy atom. The van der Waals surface area contributed by atoms with E-state index in [9.17, 15) is 0 Å². The average molecular weight is 263 g/mol. The molecule has 0 aliphatic carbocycles. The number of rotatable bonds is 3. The van der Waals surface area contributed by atoms with Gasteiger partial charge in [0.05, 0.1) is 6.04 Å². The lowest BCUT2D eigenvalue weighted by molar-refractivity contribution is 0.716. The highest BCUT2D eigenvalue weighted by molar-refractivity contribution is 6.30. The molecule has 2 aromatic rings. The second-order valence-corrected chi connectivity index (χ2v) is 4.56. The fraction of sp³-hybridized carbons (Fsp3) is 0.231. The zero-order chi connectivity index (χ0) is 13.1. The lowest BCUT2D eigenvalue weighted by Crippen LogP contribution is -2.23. The Bertz CT molecular complexity index is 527. The standard InChI is InChI=1S/C13H15ClN4/c1-9(10-3-5-11(14)6-4-10)18(2)13-16-8-7-12(15)17-13/h3-9H,1-2H3,(H2,15,16,17). The molecule has 0 bridgehead atoms. The number of hydrogen-bond donors (Lipinski definition) is 1. The van der Waals surface area contributed by atoms with Crippen molar-refractivity contribution in [3.8, 4) is 0 Å². The summed E-state index contributed by atoms with van der Waals surface area (Å²) in [6.45, 7) is 2.08. The summed E-state index contributed by atoms with van der Waals surface area (Å²) in [7, 11) is 1.94. The Kier molecular flexibility index (Phi) is 3.67. The molecule has 0 spiro atoms. The van der Waals surface area contributed by atoms with E-state index in [0.717, 1.165) is 10.6 Å². The summed E-state index contributed by atoms with van der Waals surface area (Å²) in [4.78, 5) is 10.4. The van der Waals surface area contributed by atoms with E-state index >= 15 is 0 Å². The smallest absolute Gasteiger partial charge is 0.227 e. The largest absolute Gasteiger partial charge is 0.384 e. The van der Waals surface area contributed by atoms with E-state index in [1.54, 1.807) is 12.3 Å². The van der Waals surface area contributed by atoms with E-state index in [1.165, 1.54) is 0 Å². The lowest BCUT2D eigenvalue weighted by Gasteiger charge is -2.25. The van der Waals surface area contributed by atoms with Crippen LogP contribution in [0.4, 0.5) is 11.8 Å². The molecule has 2 rings (SSSR count). The van der Waals surface area contributed by atoms with E-state index in [4.69, 9.17) is 17.3 Å². The van der Waals surface area contributed by atoms with Crippen LogP contribution >= 0.6 is 11.6 Å². The molecule has 0 aliphatic heterocycles. The van der Waals surface area contributed by atoms with E-state index in [1.807, 2.05) is 36.2 Å². The minimum atomic E-state index is 0.143. The predicted octanol–water partition coefficient (Wildman–Crippen LogP) is 2.91. The predicted molar refractivity (Wildman–Crippen MR) is 74.7 cm³/mol. The van der Waals surface area contributed by atoms with Crippen LogP contribution in [-0.4, -0.2) is 17.0 Å². The van der Waals surface area contributed by atoms with Crippen LogP contribution < -0.4 is 10.6 Å². The van der Waals surface area contributed by atoms with Gasteiger partial charge in [-0.3, -0.25) is 0 Å². The molecule has 5 heteroatoms. The lowest BCUT2D eigenvalue weighted by atomic mass is 10.1. The first kappa shape index (κ1) is 12.6. The van der Waals surface area contributed by atoms with Gasteiger partial charge in [-0.05, 0) is 30.7 Å². The van der Waals surface area contributed by atoms with Crippen molar-refractivity contribution >= 4 is 23.4 Å². The number of nitrogens with zero attached hydrogens (tertiary/aromatic N) is 3. The molecule has 0 saturated carbocycles. The van der Waals surface area contributed by atoms with Gasteiger partial charge in [0.15, 0.2) is 0 Å². The normalized spacial score (nSPS) is 12.2. The molecular weight excluding hydrogens is 248 g/mol. The van der Waals surface area contributed by atoms with Gasteiger partial charge in [0.25, 0.3) is 0 Å². The van der Waals surface area contributed by atoms with Crippen LogP contribution in [0, 0.1) is 0 Å². The molecule has 4 nitrogen and oxygen atoms in total. The monoisotopic (exact) mass is 262 g/mol. The molecule has 1 unspecified atom stereocenters. The highest BCUT2D eigenvalue weighted by Gasteiger charge is 2.14. The van der Waals surface area contributed by atoms with Gasteiger partial charge in [-0.15, -0.1) is 0 Å². The van der Waals surface area contributed by atoms with Gasteiger partial charge >= 0.3 is 0 Å².